The van der Waals surface area contributed by atoms with Crippen LogP contribution < -0.4 is 10.5 Å². The first kappa shape index (κ1) is 12.9. The maximum atomic E-state index is 6.16. The summed E-state index contributed by atoms with van der Waals surface area (Å²) >= 11 is 6.16. The highest BCUT2D eigenvalue weighted by Crippen LogP contribution is 2.33. The lowest BCUT2D eigenvalue weighted by Crippen LogP contribution is -1.96. The molecule has 5 heteroatoms. The topological polar surface area (TPSA) is 61.3 Å². The van der Waals surface area contributed by atoms with Crippen LogP contribution in [0.5, 0.6) is 5.75 Å². The van der Waals surface area contributed by atoms with Gasteiger partial charge in [-0.3, -0.25) is 0 Å². The predicted octanol–water partition coefficient (Wildman–Crippen LogP) is 3.16. The van der Waals surface area contributed by atoms with Gasteiger partial charge in [0.15, 0.2) is 0 Å². The summed E-state index contributed by atoms with van der Waals surface area (Å²) < 4.78 is 10.7. The second-order valence-electron chi connectivity index (χ2n) is 3.86. The van der Waals surface area contributed by atoms with Crippen LogP contribution in [0, 0.1) is 6.92 Å². The van der Waals surface area contributed by atoms with Crippen molar-refractivity contribution in [3.8, 4) is 17.0 Å². The molecule has 0 amide bonds. The number of nitrogens with zero attached hydrogens (tertiary/aromatic N) is 1. The number of hydrogen-bond acceptors (Lipinski definition) is 4. The van der Waals surface area contributed by atoms with E-state index >= 15 is 0 Å². The normalized spacial score (nSPS) is 10.7. The van der Waals surface area contributed by atoms with E-state index in [1.807, 2.05) is 26.0 Å². The molecule has 96 valence electrons. The summed E-state index contributed by atoms with van der Waals surface area (Å²) in [6.45, 7) is 4.76. The molecule has 1 aromatic heterocycles. The van der Waals surface area contributed by atoms with Gasteiger partial charge in [-0.15, -0.1) is 0 Å². The van der Waals surface area contributed by atoms with Gasteiger partial charge in [-0.1, -0.05) is 11.6 Å². The Balaban J connectivity index is 2.42. The summed E-state index contributed by atoms with van der Waals surface area (Å²) in [4.78, 5) is 4.29. The first-order valence-electron chi connectivity index (χ1n) is 5.73. The van der Waals surface area contributed by atoms with Gasteiger partial charge in [0.2, 0.25) is 5.89 Å². The van der Waals surface area contributed by atoms with Gasteiger partial charge in [-0.2, -0.15) is 0 Å². The number of oxazole rings is 1. The number of benzene rings is 1. The van der Waals surface area contributed by atoms with Crippen molar-refractivity contribution in [3.05, 3.63) is 34.9 Å². The van der Waals surface area contributed by atoms with Gasteiger partial charge in [0.1, 0.15) is 17.7 Å². The average molecular weight is 267 g/mol. The number of rotatable bonds is 4. The Kier molecular flexibility index (Phi) is 3.89. The quantitative estimate of drug-likeness (QED) is 0.923. The van der Waals surface area contributed by atoms with Crippen molar-refractivity contribution in [2.45, 2.75) is 20.4 Å². The molecular weight excluding hydrogens is 252 g/mol. The molecule has 0 aliphatic heterocycles. The molecule has 0 radical (unpaired) electrons. The first-order valence-corrected chi connectivity index (χ1v) is 6.11. The molecule has 1 aromatic carbocycles. The molecule has 2 aromatic rings. The van der Waals surface area contributed by atoms with E-state index in [1.54, 1.807) is 6.26 Å². The minimum atomic E-state index is 0.282. The van der Waals surface area contributed by atoms with Crippen molar-refractivity contribution in [2.24, 2.45) is 5.73 Å². The SMILES string of the molecule is CCOc1cc(C)c(-c2coc(CN)n2)cc1Cl. The van der Waals surface area contributed by atoms with Crippen LogP contribution in [0.15, 0.2) is 22.8 Å². The van der Waals surface area contributed by atoms with Crippen molar-refractivity contribution >= 4 is 11.6 Å². The summed E-state index contributed by atoms with van der Waals surface area (Å²) in [5, 5.41) is 0.565. The Morgan fingerprint density at radius 1 is 1.44 bits per heavy atom. The van der Waals surface area contributed by atoms with Crippen LogP contribution in [0.4, 0.5) is 0 Å². The van der Waals surface area contributed by atoms with E-state index in [9.17, 15) is 0 Å². The molecule has 0 atom stereocenters. The molecule has 0 spiro atoms. The van der Waals surface area contributed by atoms with Gasteiger partial charge < -0.3 is 14.9 Å². The third kappa shape index (κ3) is 2.49. The van der Waals surface area contributed by atoms with Crippen LogP contribution in [0.3, 0.4) is 0 Å². The third-order valence-corrected chi connectivity index (χ3v) is 2.88. The van der Waals surface area contributed by atoms with Crippen LogP contribution in [0.1, 0.15) is 18.4 Å². The van der Waals surface area contributed by atoms with Gasteiger partial charge in [0.05, 0.1) is 18.2 Å². The van der Waals surface area contributed by atoms with E-state index < -0.39 is 0 Å². The molecule has 1 heterocycles. The number of ether oxygens (including phenoxy) is 1. The summed E-state index contributed by atoms with van der Waals surface area (Å²) in [5.74, 6) is 1.19. The smallest absolute Gasteiger partial charge is 0.208 e. The van der Waals surface area contributed by atoms with Crippen LogP contribution in [0.25, 0.3) is 11.3 Å². The largest absolute Gasteiger partial charge is 0.492 e. The number of nitrogens with two attached hydrogens (primary N) is 1. The van der Waals surface area contributed by atoms with E-state index in [-0.39, 0.29) is 6.54 Å². The van der Waals surface area contributed by atoms with Crippen molar-refractivity contribution in [1.29, 1.82) is 0 Å². The van der Waals surface area contributed by atoms with Crippen LogP contribution in [-0.2, 0) is 6.54 Å². The maximum Gasteiger partial charge on any atom is 0.208 e. The fourth-order valence-corrected chi connectivity index (χ4v) is 1.94. The molecule has 0 aliphatic carbocycles. The first-order chi connectivity index (χ1) is 8.65. The zero-order chi connectivity index (χ0) is 13.1. The highest BCUT2D eigenvalue weighted by Gasteiger charge is 2.12. The summed E-state index contributed by atoms with van der Waals surface area (Å²) in [7, 11) is 0. The number of hydrogen-bond donors (Lipinski definition) is 1. The van der Waals surface area contributed by atoms with Gasteiger partial charge in [0, 0.05) is 5.56 Å². The fourth-order valence-electron chi connectivity index (χ4n) is 1.73. The minimum Gasteiger partial charge on any atom is -0.492 e. The standard InChI is InChI=1S/C13H15ClN2O2/c1-3-17-12-4-8(2)9(5-10(12)14)11-7-18-13(6-15)16-11/h4-5,7H,3,6,15H2,1-2H3. The lowest BCUT2D eigenvalue weighted by atomic mass is 10.1. The fraction of sp³-hybridized carbons (Fsp3) is 0.308. The van der Waals surface area contributed by atoms with E-state index in [4.69, 9.17) is 26.5 Å². The van der Waals surface area contributed by atoms with Gasteiger partial charge >= 0.3 is 0 Å². The number of aromatic nitrogens is 1. The number of halogens is 1. The molecule has 4 nitrogen and oxygen atoms in total. The second-order valence-corrected chi connectivity index (χ2v) is 4.27. The molecule has 0 saturated carbocycles. The summed E-state index contributed by atoms with van der Waals surface area (Å²) in [6, 6.07) is 3.73. The van der Waals surface area contributed by atoms with Gasteiger partial charge in [0.25, 0.3) is 0 Å². The molecule has 2 rings (SSSR count). The molecule has 0 bridgehead atoms. The lowest BCUT2D eigenvalue weighted by Gasteiger charge is -2.09. The van der Waals surface area contributed by atoms with Crippen molar-refractivity contribution in [1.82, 2.24) is 4.98 Å². The highest BCUT2D eigenvalue weighted by molar-refractivity contribution is 6.32. The maximum absolute atomic E-state index is 6.16. The Hall–Kier alpha value is -1.52. The van der Waals surface area contributed by atoms with Crippen molar-refractivity contribution < 1.29 is 9.15 Å². The van der Waals surface area contributed by atoms with Gasteiger partial charge in [-0.25, -0.2) is 4.98 Å². The Bertz CT molecular complexity index is 552. The highest BCUT2D eigenvalue weighted by atomic mass is 35.5. The van der Waals surface area contributed by atoms with E-state index in [2.05, 4.69) is 4.98 Å². The number of aryl methyl sites for hydroxylation is 1. The van der Waals surface area contributed by atoms with Crippen LogP contribution >= 0.6 is 11.6 Å². The van der Waals surface area contributed by atoms with E-state index in [0.29, 0.717) is 23.3 Å². The average Bonchev–Trinajstić information content (AvgIpc) is 2.82. The zero-order valence-electron chi connectivity index (χ0n) is 10.4. The van der Waals surface area contributed by atoms with Crippen molar-refractivity contribution in [2.75, 3.05) is 6.61 Å². The zero-order valence-corrected chi connectivity index (χ0v) is 11.1. The third-order valence-electron chi connectivity index (χ3n) is 2.58. The summed E-state index contributed by atoms with van der Waals surface area (Å²) in [5.41, 5.74) is 8.16. The van der Waals surface area contributed by atoms with E-state index in [1.165, 1.54) is 0 Å². The molecule has 0 aliphatic rings. The monoisotopic (exact) mass is 266 g/mol. The van der Waals surface area contributed by atoms with Gasteiger partial charge in [-0.05, 0) is 31.5 Å². The van der Waals surface area contributed by atoms with Crippen LogP contribution in [0.2, 0.25) is 5.02 Å². The molecule has 2 N–H and O–H groups in total. The molecule has 0 unspecified atom stereocenters. The minimum absolute atomic E-state index is 0.282. The summed E-state index contributed by atoms with van der Waals surface area (Å²) in [6.07, 6.45) is 1.58. The Labute approximate surface area is 111 Å². The second kappa shape index (κ2) is 5.42. The molecule has 0 saturated heterocycles. The van der Waals surface area contributed by atoms with E-state index in [0.717, 1.165) is 16.8 Å². The predicted molar refractivity (Wildman–Crippen MR) is 70.7 cm³/mol. The Morgan fingerprint density at radius 2 is 2.22 bits per heavy atom. The Morgan fingerprint density at radius 3 is 2.83 bits per heavy atom. The molecule has 18 heavy (non-hydrogen) atoms. The van der Waals surface area contributed by atoms with Crippen LogP contribution in [-0.4, -0.2) is 11.6 Å². The van der Waals surface area contributed by atoms with Crippen molar-refractivity contribution in [3.63, 3.8) is 0 Å². The molecule has 0 fully saturated rings. The molecular formula is C13H15ClN2O2. The lowest BCUT2D eigenvalue weighted by molar-refractivity contribution is 0.340.